The Balaban J connectivity index is 1.89. The van der Waals surface area contributed by atoms with Crippen LogP contribution in [0.2, 0.25) is 0 Å². The zero-order chi connectivity index (χ0) is 20.3. The minimum absolute atomic E-state index is 0.0355. The fraction of sp³-hybridized carbons (Fsp3) is 0.500. The third kappa shape index (κ3) is 3.80. The molecule has 152 valence electrons. The topological polar surface area (TPSA) is 63.2 Å². The molecule has 3 aliphatic carbocycles. The van der Waals surface area contributed by atoms with Crippen LogP contribution in [0.25, 0.3) is 6.08 Å². The molecule has 0 saturated heterocycles. The molecule has 0 aromatic heterocycles. The monoisotopic (exact) mass is 388 g/mol. The maximum atomic E-state index is 12.3. The highest BCUT2D eigenvalue weighted by molar-refractivity contribution is 5.96. The normalized spacial score (nSPS) is 22.6. The minimum Gasteiger partial charge on any atom is -0.493 e. The van der Waals surface area contributed by atoms with Crippen molar-refractivity contribution in [2.24, 2.45) is 17.3 Å². The summed E-state index contributed by atoms with van der Waals surface area (Å²) >= 11 is 0. The fourth-order valence-electron chi connectivity index (χ4n) is 4.03. The first kappa shape index (κ1) is 20.4. The lowest BCUT2D eigenvalue weighted by molar-refractivity contribution is -0.133. The van der Waals surface area contributed by atoms with Crippen molar-refractivity contribution in [2.75, 3.05) is 34.9 Å². The van der Waals surface area contributed by atoms with Gasteiger partial charge in [-0.05, 0) is 47.1 Å². The molecule has 0 radical (unpaired) electrons. The highest BCUT2D eigenvalue weighted by atomic mass is 16.7. The average molecular weight is 388 g/mol. The van der Waals surface area contributed by atoms with Crippen molar-refractivity contribution < 1.29 is 28.5 Å². The molecule has 6 nitrogen and oxygen atoms in total. The van der Waals surface area contributed by atoms with Crippen molar-refractivity contribution in [1.29, 1.82) is 0 Å². The van der Waals surface area contributed by atoms with E-state index in [-0.39, 0.29) is 30.7 Å². The Kier molecular flexibility index (Phi) is 6.10. The molecular weight excluding hydrogens is 360 g/mol. The van der Waals surface area contributed by atoms with E-state index in [1.165, 1.54) is 0 Å². The number of allylic oxidation sites excluding steroid dienone is 3. The van der Waals surface area contributed by atoms with Gasteiger partial charge in [0, 0.05) is 20.1 Å². The molecule has 1 saturated carbocycles. The van der Waals surface area contributed by atoms with Crippen molar-refractivity contribution in [2.45, 2.75) is 20.3 Å². The maximum absolute atomic E-state index is 12.3. The first-order chi connectivity index (χ1) is 13.4. The molecule has 0 heterocycles. The van der Waals surface area contributed by atoms with Crippen molar-refractivity contribution in [3.8, 4) is 17.2 Å². The molecule has 4 rings (SSSR count). The fourth-order valence-corrected chi connectivity index (χ4v) is 4.03. The first-order valence-electron chi connectivity index (χ1n) is 9.31. The summed E-state index contributed by atoms with van der Waals surface area (Å²) < 4.78 is 26.7. The number of hydrogen-bond acceptors (Lipinski definition) is 6. The summed E-state index contributed by atoms with van der Waals surface area (Å²) in [6, 6.07) is 3.71. The molecule has 28 heavy (non-hydrogen) atoms. The highest BCUT2D eigenvalue weighted by Crippen LogP contribution is 2.58. The molecule has 6 heteroatoms. The van der Waals surface area contributed by atoms with Crippen LogP contribution >= 0.6 is 0 Å². The molecule has 2 bridgehead atoms. The maximum Gasteiger partial charge on any atom is 0.206 e. The van der Waals surface area contributed by atoms with Crippen LogP contribution in [0.5, 0.6) is 17.2 Å². The van der Waals surface area contributed by atoms with E-state index in [4.69, 9.17) is 23.7 Å². The summed E-state index contributed by atoms with van der Waals surface area (Å²) in [5.41, 5.74) is 1.99. The molecule has 1 fully saturated rings. The Morgan fingerprint density at radius 2 is 1.68 bits per heavy atom. The van der Waals surface area contributed by atoms with Crippen LogP contribution in [0, 0.1) is 17.3 Å². The Labute approximate surface area is 166 Å². The molecule has 3 aliphatic rings. The first-order valence-corrected chi connectivity index (χ1v) is 9.31. The molecule has 1 aromatic rings. The second-order valence-corrected chi connectivity index (χ2v) is 7.69. The van der Waals surface area contributed by atoms with Crippen molar-refractivity contribution >= 4 is 11.9 Å². The highest BCUT2D eigenvalue weighted by Gasteiger charge is 2.54. The number of hydrogen-bond donors (Lipinski definition) is 0. The smallest absolute Gasteiger partial charge is 0.206 e. The van der Waals surface area contributed by atoms with Gasteiger partial charge in [-0.25, -0.2) is 0 Å². The van der Waals surface area contributed by atoms with Gasteiger partial charge < -0.3 is 23.7 Å². The number of benzene rings is 1. The SMILES string of the molecule is COCOc1cc(C=CC2=CC(=O)[C@H]3C[C@H]2C3(C)C)cc(OC)c1OCOC. The number of carbonyl (C=O) groups is 1. The molecule has 0 unspecified atom stereocenters. The van der Waals surface area contributed by atoms with Crippen LogP contribution in [0.4, 0.5) is 0 Å². The largest absolute Gasteiger partial charge is 0.493 e. The van der Waals surface area contributed by atoms with Crippen LogP contribution in [0.15, 0.2) is 29.9 Å². The van der Waals surface area contributed by atoms with Gasteiger partial charge in [0.15, 0.2) is 30.9 Å². The van der Waals surface area contributed by atoms with Gasteiger partial charge in [-0.2, -0.15) is 0 Å². The number of fused-ring (bicyclic) bond motifs is 1. The third-order valence-electron chi connectivity index (χ3n) is 5.71. The Morgan fingerprint density at radius 1 is 1.00 bits per heavy atom. The predicted octanol–water partition coefficient (Wildman–Crippen LogP) is 3.85. The second-order valence-electron chi connectivity index (χ2n) is 7.69. The van der Waals surface area contributed by atoms with E-state index in [0.717, 1.165) is 17.6 Å². The van der Waals surface area contributed by atoms with Crippen LogP contribution < -0.4 is 14.2 Å². The van der Waals surface area contributed by atoms with E-state index < -0.39 is 0 Å². The zero-order valence-electron chi connectivity index (χ0n) is 17.1. The zero-order valence-corrected chi connectivity index (χ0v) is 17.1. The van der Waals surface area contributed by atoms with Crippen molar-refractivity contribution in [3.05, 3.63) is 35.4 Å². The molecule has 0 aliphatic heterocycles. The number of ketones is 1. The van der Waals surface area contributed by atoms with E-state index in [2.05, 4.69) is 13.8 Å². The lowest BCUT2D eigenvalue weighted by Gasteiger charge is -2.54. The summed E-state index contributed by atoms with van der Waals surface area (Å²) in [5.74, 6) is 2.30. The molecular formula is C22H28O6. The summed E-state index contributed by atoms with van der Waals surface area (Å²) in [4.78, 5) is 12.3. The van der Waals surface area contributed by atoms with E-state index in [0.29, 0.717) is 23.2 Å². The number of rotatable bonds is 9. The van der Waals surface area contributed by atoms with E-state index >= 15 is 0 Å². The van der Waals surface area contributed by atoms with Crippen LogP contribution in [0.1, 0.15) is 25.8 Å². The third-order valence-corrected chi connectivity index (χ3v) is 5.71. The predicted molar refractivity (Wildman–Crippen MR) is 106 cm³/mol. The van der Waals surface area contributed by atoms with E-state index in [1.807, 2.05) is 24.3 Å². The van der Waals surface area contributed by atoms with Gasteiger partial charge in [0.2, 0.25) is 5.75 Å². The molecule has 0 amide bonds. The van der Waals surface area contributed by atoms with Crippen molar-refractivity contribution in [3.63, 3.8) is 0 Å². The van der Waals surface area contributed by atoms with Gasteiger partial charge in [0.25, 0.3) is 0 Å². The second kappa shape index (κ2) is 8.37. The lowest BCUT2D eigenvalue weighted by Crippen LogP contribution is -2.52. The van der Waals surface area contributed by atoms with Crippen LogP contribution in [0.3, 0.4) is 0 Å². The number of methoxy groups -OCH3 is 3. The van der Waals surface area contributed by atoms with Gasteiger partial charge in [-0.3, -0.25) is 4.79 Å². The van der Waals surface area contributed by atoms with Gasteiger partial charge in [0.1, 0.15) is 0 Å². The minimum atomic E-state index is 0.0355. The summed E-state index contributed by atoms with van der Waals surface area (Å²) in [6.07, 6.45) is 6.72. The van der Waals surface area contributed by atoms with Crippen LogP contribution in [-0.4, -0.2) is 40.7 Å². The van der Waals surface area contributed by atoms with E-state index in [9.17, 15) is 4.79 Å². The standard InChI is InChI=1S/C22H28O6/c1-22(2)16-11-17(22)18(23)10-15(16)7-6-14-8-19(26-5)21(28-13-25-4)20(9-14)27-12-24-3/h6-10,16-17H,11-13H2,1-5H3/t16-,17-/m1/s1. The van der Waals surface area contributed by atoms with Gasteiger partial charge in [-0.15, -0.1) is 0 Å². The number of carbonyl (C=O) groups excluding carboxylic acids is 1. The molecule has 0 spiro atoms. The van der Waals surface area contributed by atoms with Crippen LogP contribution in [-0.2, 0) is 14.3 Å². The number of ether oxygens (including phenoxy) is 5. The molecule has 2 atom stereocenters. The van der Waals surface area contributed by atoms with Gasteiger partial charge >= 0.3 is 0 Å². The summed E-state index contributed by atoms with van der Waals surface area (Å²) in [6.45, 7) is 4.50. The average Bonchev–Trinajstić information content (AvgIpc) is 2.68. The summed E-state index contributed by atoms with van der Waals surface area (Å²) in [7, 11) is 4.67. The van der Waals surface area contributed by atoms with Gasteiger partial charge in [-0.1, -0.05) is 26.0 Å². The Bertz CT molecular complexity index is 792. The summed E-state index contributed by atoms with van der Waals surface area (Å²) in [5, 5.41) is 0. The lowest BCUT2D eigenvalue weighted by atomic mass is 9.48. The van der Waals surface area contributed by atoms with Crippen molar-refractivity contribution in [1.82, 2.24) is 0 Å². The Hall–Kier alpha value is -2.31. The molecule has 1 aromatic carbocycles. The Morgan fingerprint density at radius 3 is 2.29 bits per heavy atom. The quantitative estimate of drug-likeness (QED) is 0.599. The van der Waals surface area contributed by atoms with E-state index in [1.54, 1.807) is 27.4 Å². The molecule has 0 N–H and O–H groups in total. The van der Waals surface area contributed by atoms with Gasteiger partial charge in [0.05, 0.1) is 7.11 Å².